The molecule has 0 N–H and O–H groups in total. The molecule has 1 aromatic heterocycles. The third kappa shape index (κ3) is 1.55. The van der Waals surface area contributed by atoms with Crippen molar-refractivity contribution in [2.24, 2.45) is 0 Å². The van der Waals surface area contributed by atoms with E-state index in [0.717, 1.165) is 6.42 Å². The summed E-state index contributed by atoms with van der Waals surface area (Å²) in [4.78, 5) is 4.68. The molecule has 1 heterocycles. The minimum atomic E-state index is 1.11. The summed E-state index contributed by atoms with van der Waals surface area (Å²) in [5.74, 6) is 0. The molecule has 2 aromatic rings. The van der Waals surface area contributed by atoms with Gasteiger partial charge in [-0.05, 0) is 37.8 Å². The van der Waals surface area contributed by atoms with Gasteiger partial charge < -0.3 is 0 Å². The van der Waals surface area contributed by atoms with Crippen molar-refractivity contribution in [2.45, 2.75) is 33.6 Å². The summed E-state index contributed by atoms with van der Waals surface area (Å²) < 4.78 is 1.37. The van der Waals surface area contributed by atoms with Gasteiger partial charge in [0.1, 0.15) is 0 Å². The maximum absolute atomic E-state index is 4.68. The second-order valence-electron chi connectivity index (χ2n) is 3.73. The van der Waals surface area contributed by atoms with E-state index >= 15 is 0 Å². The van der Waals surface area contributed by atoms with Crippen LogP contribution in [0.2, 0.25) is 0 Å². The van der Waals surface area contributed by atoms with Crippen molar-refractivity contribution in [3.8, 4) is 0 Å². The van der Waals surface area contributed by atoms with E-state index in [-0.39, 0.29) is 0 Å². The van der Waals surface area contributed by atoms with Gasteiger partial charge in [-0.15, -0.1) is 11.3 Å². The fourth-order valence-corrected chi connectivity index (χ4v) is 2.84. The van der Waals surface area contributed by atoms with Gasteiger partial charge in [-0.2, -0.15) is 0 Å². The lowest BCUT2D eigenvalue weighted by atomic mass is 10.1. The summed E-state index contributed by atoms with van der Waals surface area (Å²) in [6, 6.07) is 4.35. The Morgan fingerprint density at radius 2 is 1.93 bits per heavy atom. The predicted octanol–water partition coefficient (Wildman–Crippen LogP) is 3.87. The van der Waals surface area contributed by atoms with Crippen molar-refractivity contribution in [3.63, 3.8) is 0 Å². The van der Waals surface area contributed by atoms with Gasteiger partial charge in [0.25, 0.3) is 0 Å². The fraction of sp³-hybridized carbons (Fsp3) is 0.417. The van der Waals surface area contributed by atoms with Gasteiger partial charge in [0.05, 0.1) is 15.2 Å². The Labute approximate surface area is 88.8 Å². The lowest BCUT2D eigenvalue weighted by Crippen LogP contribution is -1.81. The predicted molar refractivity (Wildman–Crippen MR) is 63.1 cm³/mol. The molecule has 0 radical (unpaired) electrons. The van der Waals surface area contributed by atoms with Crippen LogP contribution in [0.25, 0.3) is 10.2 Å². The minimum Gasteiger partial charge on any atom is -0.241 e. The zero-order valence-corrected chi connectivity index (χ0v) is 9.74. The maximum atomic E-state index is 4.68. The molecule has 2 rings (SSSR count). The smallest absolute Gasteiger partial charge is 0.0938 e. The van der Waals surface area contributed by atoms with Crippen LogP contribution in [0.3, 0.4) is 0 Å². The Bertz CT molecular complexity index is 418. The number of rotatable bonds is 2. The Morgan fingerprint density at radius 1 is 1.21 bits per heavy atom. The largest absolute Gasteiger partial charge is 0.241 e. The molecule has 0 saturated carbocycles. The molecule has 74 valence electrons. The van der Waals surface area contributed by atoms with Gasteiger partial charge in [-0.1, -0.05) is 19.1 Å². The summed E-state index contributed by atoms with van der Waals surface area (Å²) in [7, 11) is 0. The molecular formula is C12H15NS. The van der Waals surface area contributed by atoms with Crippen LogP contribution < -0.4 is 0 Å². The van der Waals surface area contributed by atoms with E-state index in [4.69, 9.17) is 0 Å². The van der Waals surface area contributed by atoms with Crippen molar-refractivity contribution in [3.05, 3.63) is 28.3 Å². The Kier molecular flexibility index (Phi) is 2.55. The number of thiazole rings is 1. The van der Waals surface area contributed by atoms with Crippen LogP contribution in [0.4, 0.5) is 0 Å². The highest BCUT2D eigenvalue weighted by Gasteiger charge is 2.07. The second-order valence-corrected chi connectivity index (χ2v) is 4.82. The molecule has 1 nitrogen and oxygen atoms in total. The maximum Gasteiger partial charge on any atom is 0.0938 e. The van der Waals surface area contributed by atoms with Crippen molar-refractivity contribution in [1.82, 2.24) is 4.98 Å². The summed E-state index contributed by atoms with van der Waals surface area (Å²) >= 11 is 1.85. The van der Waals surface area contributed by atoms with E-state index in [1.54, 1.807) is 0 Å². The molecular weight excluding hydrogens is 190 g/mol. The molecule has 0 fully saturated rings. The van der Waals surface area contributed by atoms with Crippen LogP contribution in [0, 0.1) is 13.8 Å². The summed E-state index contributed by atoms with van der Waals surface area (Å²) in [6.07, 6.45) is 2.29. The van der Waals surface area contributed by atoms with Crippen molar-refractivity contribution in [1.29, 1.82) is 0 Å². The zero-order chi connectivity index (χ0) is 10.1. The van der Waals surface area contributed by atoms with E-state index in [1.807, 2.05) is 11.3 Å². The summed E-state index contributed by atoms with van der Waals surface area (Å²) in [5, 5.41) is 1.28. The van der Waals surface area contributed by atoms with Gasteiger partial charge in [0, 0.05) is 0 Å². The van der Waals surface area contributed by atoms with Crippen LogP contribution in [0.15, 0.2) is 12.1 Å². The Morgan fingerprint density at radius 3 is 2.57 bits per heavy atom. The summed E-state index contributed by atoms with van der Waals surface area (Å²) in [5.41, 5.74) is 3.85. The molecule has 0 amide bonds. The number of fused-ring (bicyclic) bond motifs is 1. The fourth-order valence-electron chi connectivity index (χ4n) is 1.62. The average molecular weight is 205 g/mol. The van der Waals surface area contributed by atoms with E-state index in [9.17, 15) is 0 Å². The van der Waals surface area contributed by atoms with E-state index in [2.05, 4.69) is 37.9 Å². The van der Waals surface area contributed by atoms with Gasteiger partial charge in [-0.3, -0.25) is 0 Å². The van der Waals surface area contributed by atoms with E-state index < -0.39 is 0 Å². The van der Waals surface area contributed by atoms with Crippen LogP contribution in [-0.2, 0) is 6.42 Å². The molecule has 0 aliphatic heterocycles. The van der Waals surface area contributed by atoms with Gasteiger partial charge in [-0.25, -0.2) is 4.98 Å². The molecule has 0 saturated heterocycles. The van der Waals surface area contributed by atoms with Gasteiger partial charge >= 0.3 is 0 Å². The molecule has 2 heteroatoms. The number of hydrogen-bond donors (Lipinski definition) is 0. The lowest BCUT2D eigenvalue weighted by Gasteiger charge is -1.96. The quantitative estimate of drug-likeness (QED) is 0.725. The van der Waals surface area contributed by atoms with Crippen LogP contribution in [-0.4, -0.2) is 4.98 Å². The minimum absolute atomic E-state index is 1.11. The number of benzene rings is 1. The van der Waals surface area contributed by atoms with Crippen molar-refractivity contribution >= 4 is 21.6 Å². The molecule has 0 atom stereocenters. The first-order chi connectivity index (χ1) is 6.72. The molecule has 0 spiro atoms. The monoisotopic (exact) mass is 205 g/mol. The van der Waals surface area contributed by atoms with Gasteiger partial charge in [0.2, 0.25) is 0 Å². The highest BCUT2D eigenvalue weighted by atomic mass is 32.1. The standard InChI is InChI=1S/C12H15NS/c1-4-5-10-13-11-8(2)6-7-9(3)12(11)14-10/h6-7H,4-5H2,1-3H3. The molecule has 0 aliphatic rings. The number of hydrogen-bond acceptors (Lipinski definition) is 2. The van der Waals surface area contributed by atoms with Crippen molar-refractivity contribution in [2.75, 3.05) is 0 Å². The zero-order valence-electron chi connectivity index (χ0n) is 8.92. The molecule has 0 aliphatic carbocycles. The molecule has 14 heavy (non-hydrogen) atoms. The topological polar surface area (TPSA) is 12.9 Å². The molecule has 0 bridgehead atoms. The summed E-state index contributed by atoms with van der Waals surface area (Å²) in [6.45, 7) is 6.50. The Balaban J connectivity index is 2.63. The SMILES string of the molecule is CCCc1nc2c(C)ccc(C)c2s1. The first kappa shape index (κ1) is 9.66. The van der Waals surface area contributed by atoms with Gasteiger partial charge in [0.15, 0.2) is 0 Å². The number of aromatic nitrogens is 1. The van der Waals surface area contributed by atoms with E-state index in [0.29, 0.717) is 0 Å². The van der Waals surface area contributed by atoms with Crippen LogP contribution in [0.1, 0.15) is 29.5 Å². The Hall–Kier alpha value is -0.890. The van der Waals surface area contributed by atoms with Crippen molar-refractivity contribution < 1.29 is 0 Å². The third-order valence-electron chi connectivity index (χ3n) is 2.45. The van der Waals surface area contributed by atoms with Crippen LogP contribution >= 0.6 is 11.3 Å². The third-order valence-corrected chi connectivity index (χ3v) is 3.70. The average Bonchev–Trinajstić information content (AvgIpc) is 2.57. The molecule has 1 aromatic carbocycles. The number of nitrogens with zero attached hydrogens (tertiary/aromatic N) is 1. The highest BCUT2D eigenvalue weighted by molar-refractivity contribution is 7.18. The highest BCUT2D eigenvalue weighted by Crippen LogP contribution is 2.28. The first-order valence-electron chi connectivity index (χ1n) is 5.08. The van der Waals surface area contributed by atoms with Crippen LogP contribution in [0.5, 0.6) is 0 Å². The normalized spacial score (nSPS) is 11.1. The molecule has 0 unspecified atom stereocenters. The number of aryl methyl sites for hydroxylation is 3. The van der Waals surface area contributed by atoms with E-state index in [1.165, 1.54) is 32.8 Å². The first-order valence-corrected chi connectivity index (χ1v) is 5.89. The lowest BCUT2D eigenvalue weighted by molar-refractivity contribution is 0.912. The second kappa shape index (κ2) is 3.70.